The molecule has 25 heavy (non-hydrogen) atoms. The maximum Gasteiger partial charge on any atom is 0.276 e. The Bertz CT molecular complexity index is 759. The minimum absolute atomic E-state index is 0.0432. The highest BCUT2D eigenvalue weighted by Gasteiger charge is 2.49. The van der Waals surface area contributed by atoms with Crippen molar-refractivity contribution in [1.82, 2.24) is 24.8 Å². The van der Waals surface area contributed by atoms with Crippen molar-refractivity contribution in [2.45, 2.75) is 31.5 Å². The van der Waals surface area contributed by atoms with E-state index in [2.05, 4.69) is 15.2 Å². The van der Waals surface area contributed by atoms with E-state index in [4.69, 9.17) is 5.73 Å². The number of hydrogen-bond acceptors (Lipinski definition) is 7. The summed E-state index contributed by atoms with van der Waals surface area (Å²) in [5.74, 6) is 0.652. The first-order valence-corrected chi connectivity index (χ1v) is 10.6. The van der Waals surface area contributed by atoms with E-state index in [1.54, 1.807) is 15.8 Å². The number of carbonyl (C=O) groups excluding carboxylic acids is 1. The summed E-state index contributed by atoms with van der Waals surface area (Å²) in [7, 11) is -3.12. The van der Waals surface area contributed by atoms with Crippen molar-refractivity contribution in [2.24, 2.45) is 11.7 Å². The number of carbonyl (C=O) groups is 1. The van der Waals surface area contributed by atoms with Crippen LogP contribution in [0.2, 0.25) is 0 Å². The predicted molar refractivity (Wildman–Crippen MR) is 90.6 cm³/mol. The molecule has 0 bridgehead atoms. The molecule has 2 N–H and O–H groups in total. The van der Waals surface area contributed by atoms with Gasteiger partial charge in [-0.2, -0.15) is 0 Å². The van der Waals surface area contributed by atoms with Crippen molar-refractivity contribution < 1.29 is 13.2 Å². The van der Waals surface area contributed by atoms with Crippen molar-refractivity contribution in [1.29, 1.82) is 0 Å². The molecule has 2 aliphatic heterocycles. The molecular formula is C15H24N6O3S. The summed E-state index contributed by atoms with van der Waals surface area (Å²) in [5.41, 5.74) is 5.75. The normalized spacial score (nSPS) is 28.9. The summed E-state index contributed by atoms with van der Waals surface area (Å²) in [6, 6.07) is -0.382. The quantitative estimate of drug-likeness (QED) is 0.678. The van der Waals surface area contributed by atoms with Gasteiger partial charge in [-0.3, -0.25) is 14.4 Å². The molecule has 3 fully saturated rings. The van der Waals surface area contributed by atoms with Gasteiger partial charge >= 0.3 is 0 Å². The number of fused-ring (bicyclic) bond motifs is 1. The monoisotopic (exact) mass is 368 g/mol. The van der Waals surface area contributed by atoms with Gasteiger partial charge in [0.2, 0.25) is 0 Å². The second-order valence-corrected chi connectivity index (χ2v) is 9.46. The first kappa shape index (κ1) is 16.9. The van der Waals surface area contributed by atoms with Gasteiger partial charge in [0.05, 0.1) is 30.3 Å². The van der Waals surface area contributed by atoms with Crippen LogP contribution < -0.4 is 5.73 Å². The topological polar surface area (TPSA) is 114 Å². The van der Waals surface area contributed by atoms with Crippen molar-refractivity contribution in [2.75, 3.05) is 37.7 Å². The van der Waals surface area contributed by atoms with E-state index >= 15 is 0 Å². The van der Waals surface area contributed by atoms with Gasteiger partial charge < -0.3 is 10.6 Å². The largest absolute Gasteiger partial charge is 0.330 e. The Morgan fingerprint density at radius 2 is 2.00 bits per heavy atom. The fourth-order valence-electron chi connectivity index (χ4n) is 3.92. The van der Waals surface area contributed by atoms with Crippen molar-refractivity contribution >= 4 is 15.7 Å². The third kappa shape index (κ3) is 3.42. The molecule has 2 atom stereocenters. The zero-order valence-electron chi connectivity index (χ0n) is 14.1. The first-order valence-electron chi connectivity index (χ1n) is 8.82. The lowest BCUT2D eigenvalue weighted by Gasteiger charge is -2.43. The van der Waals surface area contributed by atoms with Gasteiger partial charge in [-0.1, -0.05) is 5.21 Å². The first-order chi connectivity index (χ1) is 12.0. The molecule has 0 aromatic carbocycles. The third-order valence-electron chi connectivity index (χ3n) is 5.36. The second-order valence-electron chi connectivity index (χ2n) is 7.30. The molecule has 3 aliphatic rings. The van der Waals surface area contributed by atoms with Crippen molar-refractivity contribution in [3.8, 4) is 0 Å². The molecule has 0 radical (unpaired) electrons. The van der Waals surface area contributed by atoms with Gasteiger partial charge in [0.15, 0.2) is 15.5 Å². The van der Waals surface area contributed by atoms with Gasteiger partial charge in [-0.15, -0.1) is 5.10 Å². The molecule has 1 aliphatic carbocycles. The van der Waals surface area contributed by atoms with Gasteiger partial charge in [-0.25, -0.2) is 8.42 Å². The van der Waals surface area contributed by atoms with E-state index in [1.165, 1.54) is 12.8 Å². The van der Waals surface area contributed by atoms with Crippen molar-refractivity contribution in [3.05, 3.63) is 11.9 Å². The van der Waals surface area contributed by atoms with Crippen LogP contribution in [-0.2, 0) is 16.4 Å². The summed E-state index contributed by atoms with van der Waals surface area (Å²) in [6.45, 7) is 3.11. The number of sulfone groups is 1. The Kier molecular flexibility index (Phi) is 4.28. The van der Waals surface area contributed by atoms with Gasteiger partial charge in [-0.05, 0) is 18.8 Å². The Hall–Kier alpha value is -1.52. The molecular weight excluding hydrogens is 344 g/mol. The lowest BCUT2D eigenvalue weighted by atomic mass is 10.0. The molecule has 1 saturated carbocycles. The van der Waals surface area contributed by atoms with Crippen LogP contribution in [0.15, 0.2) is 6.20 Å². The summed E-state index contributed by atoms with van der Waals surface area (Å²) >= 11 is 0. The molecule has 1 aromatic rings. The number of hydrogen-bond donors (Lipinski definition) is 1. The summed E-state index contributed by atoms with van der Waals surface area (Å²) in [4.78, 5) is 16.8. The molecule has 10 heteroatoms. The van der Waals surface area contributed by atoms with Gasteiger partial charge in [0, 0.05) is 32.2 Å². The smallest absolute Gasteiger partial charge is 0.276 e. The highest BCUT2D eigenvalue weighted by molar-refractivity contribution is 7.91. The highest BCUT2D eigenvalue weighted by Crippen LogP contribution is 2.34. The molecule has 0 spiro atoms. The standard InChI is InChI=1S/C15H24N6O3S/c16-3-4-20-8-12(17-18-20)15(22)21-6-5-19(7-11-1-2-11)13-9-25(23,24)10-14(13)21/h8,11,13-14H,1-7,9-10,16H2/t13-,14+/m1/s1. The van der Waals surface area contributed by atoms with Gasteiger partial charge in [0.1, 0.15) is 0 Å². The van der Waals surface area contributed by atoms with E-state index in [9.17, 15) is 13.2 Å². The Labute approximate surface area is 147 Å². The highest BCUT2D eigenvalue weighted by atomic mass is 32.2. The van der Waals surface area contributed by atoms with Crippen LogP contribution in [0.5, 0.6) is 0 Å². The van der Waals surface area contributed by atoms with Gasteiger partial charge in [0.25, 0.3) is 5.91 Å². The fourth-order valence-corrected chi connectivity index (χ4v) is 5.93. The maximum absolute atomic E-state index is 12.9. The van der Waals surface area contributed by atoms with Crippen LogP contribution in [-0.4, -0.2) is 88.9 Å². The molecule has 4 rings (SSSR count). The summed E-state index contributed by atoms with van der Waals surface area (Å²) in [6.07, 6.45) is 4.05. The average Bonchev–Trinajstić information content (AvgIpc) is 3.13. The maximum atomic E-state index is 12.9. The predicted octanol–water partition coefficient (Wildman–Crippen LogP) is -1.43. The minimum atomic E-state index is -3.12. The van der Waals surface area contributed by atoms with Crippen LogP contribution in [0.1, 0.15) is 23.3 Å². The zero-order valence-corrected chi connectivity index (χ0v) is 14.9. The second kappa shape index (κ2) is 6.33. The lowest BCUT2D eigenvalue weighted by Crippen LogP contribution is -2.60. The van der Waals surface area contributed by atoms with Crippen LogP contribution in [0.3, 0.4) is 0 Å². The van der Waals surface area contributed by atoms with Crippen LogP contribution in [0.4, 0.5) is 0 Å². The lowest BCUT2D eigenvalue weighted by molar-refractivity contribution is 0.0313. The number of nitrogens with two attached hydrogens (primary N) is 1. The molecule has 138 valence electrons. The zero-order chi connectivity index (χ0) is 17.6. The number of aromatic nitrogens is 3. The number of nitrogens with zero attached hydrogens (tertiary/aromatic N) is 5. The Morgan fingerprint density at radius 3 is 2.72 bits per heavy atom. The number of rotatable bonds is 5. The van der Waals surface area contributed by atoms with E-state index in [-0.39, 0.29) is 35.2 Å². The van der Waals surface area contributed by atoms with E-state index in [1.807, 2.05) is 0 Å². The van der Waals surface area contributed by atoms with E-state index < -0.39 is 9.84 Å². The third-order valence-corrected chi connectivity index (χ3v) is 7.06. The molecule has 2 saturated heterocycles. The molecule has 0 unspecified atom stereocenters. The van der Waals surface area contributed by atoms with Crippen LogP contribution in [0.25, 0.3) is 0 Å². The molecule has 3 heterocycles. The summed E-state index contributed by atoms with van der Waals surface area (Å²) in [5, 5.41) is 7.85. The molecule has 1 amide bonds. The average molecular weight is 368 g/mol. The Balaban J connectivity index is 1.54. The van der Waals surface area contributed by atoms with Crippen LogP contribution >= 0.6 is 0 Å². The SMILES string of the molecule is NCCn1cc(C(=O)N2CCN(CC3CC3)[C@@H]3CS(=O)(=O)C[C@@H]32)nn1. The summed E-state index contributed by atoms with van der Waals surface area (Å²) < 4.78 is 26.0. The van der Waals surface area contributed by atoms with Crippen molar-refractivity contribution in [3.63, 3.8) is 0 Å². The minimum Gasteiger partial charge on any atom is -0.330 e. The Morgan fingerprint density at radius 1 is 1.24 bits per heavy atom. The van der Waals surface area contributed by atoms with E-state index in [0.717, 1.165) is 13.1 Å². The van der Waals surface area contributed by atoms with Crippen LogP contribution in [0, 0.1) is 5.92 Å². The number of piperazine rings is 1. The van der Waals surface area contributed by atoms with E-state index in [0.29, 0.717) is 25.6 Å². The fraction of sp³-hybridized carbons (Fsp3) is 0.800. The number of amides is 1. The molecule has 9 nitrogen and oxygen atoms in total. The molecule has 1 aromatic heterocycles.